The van der Waals surface area contributed by atoms with Crippen molar-refractivity contribution in [1.29, 1.82) is 0 Å². The fraction of sp³-hybridized carbons (Fsp3) is 0.235. The standard InChI is InChI=1S/C17H19NO2/c1-12-6-7-13(2)16(8-12)17(20)18-10-14-4-3-5-15(9-14)11-19/h3-9,19H,10-11H2,1-2H3,(H,18,20). The lowest BCUT2D eigenvalue weighted by atomic mass is 10.0. The second-order valence-corrected chi connectivity index (χ2v) is 4.98. The molecule has 0 fully saturated rings. The lowest BCUT2D eigenvalue weighted by Crippen LogP contribution is -2.23. The molecule has 20 heavy (non-hydrogen) atoms. The fourth-order valence-electron chi connectivity index (χ4n) is 2.10. The SMILES string of the molecule is Cc1ccc(C)c(C(=O)NCc2cccc(CO)c2)c1. The third kappa shape index (κ3) is 3.45. The Morgan fingerprint density at radius 3 is 2.60 bits per heavy atom. The van der Waals surface area contributed by atoms with Gasteiger partial charge in [-0.1, -0.05) is 42.0 Å². The Morgan fingerprint density at radius 2 is 1.85 bits per heavy atom. The van der Waals surface area contributed by atoms with Crippen LogP contribution in [0.15, 0.2) is 42.5 Å². The van der Waals surface area contributed by atoms with Crippen LogP contribution in [0.1, 0.15) is 32.6 Å². The summed E-state index contributed by atoms with van der Waals surface area (Å²) in [7, 11) is 0. The highest BCUT2D eigenvalue weighted by molar-refractivity contribution is 5.95. The number of aliphatic hydroxyl groups excluding tert-OH is 1. The monoisotopic (exact) mass is 269 g/mol. The van der Waals surface area contributed by atoms with Crippen molar-refractivity contribution < 1.29 is 9.90 Å². The first-order chi connectivity index (χ1) is 9.60. The van der Waals surface area contributed by atoms with E-state index in [-0.39, 0.29) is 12.5 Å². The Labute approximate surface area is 119 Å². The number of hydrogen-bond acceptors (Lipinski definition) is 2. The lowest BCUT2D eigenvalue weighted by molar-refractivity contribution is 0.0950. The minimum Gasteiger partial charge on any atom is -0.392 e. The van der Waals surface area contributed by atoms with Crippen molar-refractivity contribution in [2.24, 2.45) is 0 Å². The van der Waals surface area contributed by atoms with E-state index in [1.807, 2.05) is 56.3 Å². The van der Waals surface area contributed by atoms with E-state index in [9.17, 15) is 4.79 Å². The number of aliphatic hydroxyl groups is 1. The smallest absolute Gasteiger partial charge is 0.251 e. The number of amides is 1. The maximum Gasteiger partial charge on any atom is 0.251 e. The summed E-state index contributed by atoms with van der Waals surface area (Å²) in [5.41, 5.74) is 4.59. The summed E-state index contributed by atoms with van der Waals surface area (Å²) in [4.78, 5) is 12.2. The number of carbonyl (C=O) groups excluding carboxylic acids is 1. The normalized spacial score (nSPS) is 10.3. The summed E-state index contributed by atoms with van der Waals surface area (Å²) in [6.45, 7) is 4.38. The van der Waals surface area contributed by atoms with E-state index in [1.165, 1.54) is 0 Å². The third-order valence-corrected chi connectivity index (χ3v) is 3.26. The van der Waals surface area contributed by atoms with Gasteiger partial charge in [-0.15, -0.1) is 0 Å². The highest BCUT2D eigenvalue weighted by atomic mass is 16.3. The summed E-state index contributed by atoms with van der Waals surface area (Å²) >= 11 is 0. The van der Waals surface area contributed by atoms with Crippen LogP contribution in [0, 0.1) is 13.8 Å². The summed E-state index contributed by atoms with van der Waals surface area (Å²) in [6, 6.07) is 13.4. The zero-order chi connectivity index (χ0) is 14.5. The van der Waals surface area contributed by atoms with Gasteiger partial charge in [0.1, 0.15) is 0 Å². The van der Waals surface area contributed by atoms with Gasteiger partial charge >= 0.3 is 0 Å². The van der Waals surface area contributed by atoms with E-state index >= 15 is 0 Å². The minimum atomic E-state index is -0.0689. The third-order valence-electron chi connectivity index (χ3n) is 3.26. The molecule has 1 amide bonds. The number of carbonyl (C=O) groups is 1. The summed E-state index contributed by atoms with van der Waals surface area (Å²) < 4.78 is 0. The van der Waals surface area contributed by atoms with Crippen molar-refractivity contribution in [3.05, 3.63) is 70.3 Å². The van der Waals surface area contributed by atoms with Gasteiger partial charge in [0, 0.05) is 12.1 Å². The van der Waals surface area contributed by atoms with Gasteiger partial charge < -0.3 is 10.4 Å². The molecule has 2 N–H and O–H groups in total. The highest BCUT2D eigenvalue weighted by Gasteiger charge is 2.08. The summed E-state index contributed by atoms with van der Waals surface area (Å²) in [5, 5.41) is 12.0. The van der Waals surface area contributed by atoms with Crippen LogP contribution in [0.3, 0.4) is 0 Å². The molecule has 0 aliphatic heterocycles. The first-order valence-corrected chi connectivity index (χ1v) is 6.64. The average molecular weight is 269 g/mol. The molecule has 2 aromatic rings. The van der Waals surface area contributed by atoms with E-state index in [0.717, 1.165) is 22.3 Å². The largest absolute Gasteiger partial charge is 0.392 e. The quantitative estimate of drug-likeness (QED) is 0.896. The van der Waals surface area contributed by atoms with E-state index in [4.69, 9.17) is 5.11 Å². The van der Waals surface area contributed by atoms with E-state index in [1.54, 1.807) is 0 Å². The predicted octanol–water partition coefficient (Wildman–Crippen LogP) is 2.73. The Bertz CT molecular complexity index is 620. The van der Waals surface area contributed by atoms with Crippen LogP contribution in [-0.4, -0.2) is 11.0 Å². The van der Waals surface area contributed by atoms with Crippen molar-refractivity contribution in [3.63, 3.8) is 0 Å². The molecule has 0 unspecified atom stereocenters. The van der Waals surface area contributed by atoms with Crippen LogP contribution in [0.2, 0.25) is 0 Å². The molecule has 0 aromatic heterocycles. The number of rotatable bonds is 4. The van der Waals surface area contributed by atoms with Crippen molar-refractivity contribution in [3.8, 4) is 0 Å². The Morgan fingerprint density at radius 1 is 1.10 bits per heavy atom. The van der Waals surface area contributed by atoms with Crippen molar-refractivity contribution in [1.82, 2.24) is 5.32 Å². The molecule has 0 heterocycles. The zero-order valence-corrected chi connectivity index (χ0v) is 11.8. The van der Waals surface area contributed by atoms with E-state index in [0.29, 0.717) is 12.1 Å². The van der Waals surface area contributed by atoms with Gasteiger partial charge in [0.05, 0.1) is 6.61 Å². The number of aryl methyl sites for hydroxylation is 2. The summed E-state index contributed by atoms with van der Waals surface area (Å²) in [6.07, 6.45) is 0. The number of hydrogen-bond donors (Lipinski definition) is 2. The molecule has 0 aliphatic carbocycles. The van der Waals surface area contributed by atoms with Gasteiger partial charge in [-0.25, -0.2) is 0 Å². The van der Waals surface area contributed by atoms with Crippen molar-refractivity contribution in [2.75, 3.05) is 0 Å². The highest BCUT2D eigenvalue weighted by Crippen LogP contribution is 2.11. The minimum absolute atomic E-state index is 0.0127. The average Bonchev–Trinajstić information content (AvgIpc) is 2.47. The van der Waals surface area contributed by atoms with Crippen molar-refractivity contribution >= 4 is 5.91 Å². The summed E-state index contributed by atoms with van der Waals surface area (Å²) in [5.74, 6) is -0.0689. The molecule has 2 aromatic carbocycles. The molecule has 0 atom stereocenters. The zero-order valence-electron chi connectivity index (χ0n) is 11.8. The van der Waals surface area contributed by atoms with Crippen LogP contribution in [0.25, 0.3) is 0 Å². The molecule has 3 nitrogen and oxygen atoms in total. The number of nitrogens with one attached hydrogen (secondary N) is 1. The molecule has 0 bridgehead atoms. The Hall–Kier alpha value is -2.13. The topological polar surface area (TPSA) is 49.3 Å². The molecule has 0 radical (unpaired) electrons. The Balaban J connectivity index is 2.06. The molecule has 0 saturated heterocycles. The van der Waals surface area contributed by atoms with Gasteiger partial charge in [-0.2, -0.15) is 0 Å². The maximum atomic E-state index is 12.2. The van der Waals surface area contributed by atoms with Crippen LogP contribution in [0.5, 0.6) is 0 Å². The van der Waals surface area contributed by atoms with Gasteiger partial charge in [-0.05, 0) is 36.6 Å². The molecule has 0 aliphatic rings. The maximum absolute atomic E-state index is 12.2. The fourth-order valence-corrected chi connectivity index (χ4v) is 2.10. The van der Waals surface area contributed by atoms with Crippen LogP contribution >= 0.6 is 0 Å². The van der Waals surface area contributed by atoms with E-state index < -0.39 is 0 Å². The van der Waals surface area contributed by atoms with Crippen LogP contribution in [0.4, 0.5) is 0 Å². The second kappa shape index (κ2) is 6.35. The van der Waals surface area contributed by atoms with Gasteiger partial charge in [-0.3, -0.25) is 4.79 Å². The van der Waals surface area contributed by atoms with Gasteiger partial charge in [0.2, 0.25) is 0 Å². The predicted molar refractivity (Wildman–Crippen MR) is 79.5 cm³/mol. The van der Waals surface area contributed by atoms with Crippen LogP contribution in [-0.2, 0) is 13.2 Å². The van der Waals surface area contributed by atoms with E-state index in [2.05, 4.69) is 5.32 Å². The molecule has 3 heteroatoms. The van der Waals surface area contributed by atoms with Gasteiger partial charge in [0.25, 0.3) is 5.91 Å². The first kappa shape index (κ1) is 14.3. The first-order valence-electron chi connectivity index (χ1n) is 6.64. The molecular weight excluding hydrogens is 250 g/mol. The molecule has 2 rings (SSSR count). The Kier molecular flexibility index (Phi) is 4.53. The molecule has 0 saturated carbocycles. The number of benzene rings is 2. The van der Waals surface area contributed by atoms with Gasteiger partial charge in [0.15, 0.2) is 0 Å². The van der Waals surface area contributed by atoms with Crippen LogP contribution < -0.4 is 5.32 Å². The molecule has 0 spiro atoms. The second-order valence-electron chi connectivity index (χ2n) is 4.98. The molecule has 104 valence electrons. The molecular formula is C17H19NO2. The van der Waals surface area contributed by atoms with Crippen molar-refractivity contribution in [2.45, 2.75) is 27.0 Å². The lowest BCUT2D eigenvalue weighted by Gasteiger charge is -2.09.